The number of anilines is 2. The number of thioether (sulfide) groups is 1. The van der Waals surface area contributed by atoms with E-state index in [0.717, 1.165) is 39.0 Å². The molecule has 0 spiro atoms. The second kappa shape index (κ2) is 8.96. The van der Waals surface area contributed by atoms with E-state index in [4.69, 9.17) is 11.6 Å². The van der Waals surface area contributed by atoms with Crippen molar-refractivity contribution >= 4 is 63.4 Å². The Labute approximate surface area is 208 Å². The fourth-order valence-electron chi connectivity index (χ4n) is 4.13. The van der Waals surface area contributed by atoms with Crippen LogP contribution in [0.25, 0.3) is 11.6 Å². The Morgan fingerprint density at radius 2 is 1.82 bits per heavy atom. The monoisotopic (exact) mass is 495 g/mol. The molecule has 1 fully saturated rings. The molecule has 0 bridgehead atoms. The summed E-state index contributed by atoms with van der Waals surface area (Å²) in [6.07, 6.45) is 3.96. The molecule has 0 aromatic heterocycles. The highest BCUT2D eigenvalue weighted by Crippen LogP contribution is 2.40. The summed E-state index contributed by atoms with van der Waals surface area (Å²) in [5, 5.41) is 2.76. The molecular weight excluding hydrogens is 470 g/mol. The molecule has 34 heavy (non-hydrogen) atoms. The van der Waals surface area contributed by atoms with Crippen LogP contribution in [-0.2, 0) is 9.59 Å². The van der Waals surface area contributed by atoms with Crippen LogP contribution in [0.2, 0.25) is 5.02 Å². The first-order valence-corrected chi connectivity index (χ1v) is 12.0. The predicted molar refractivity (Wildman–Crippen MR) is 140 cm³/mol. The molecule has 0 aliphatic carbocycles. The average molecular weight is 496 g/mol. The fourth-order valence-corrected chi connectivity index (χ4v) is 5.08. The molecule has 0 unspecified atom stereocenters. The van der Waals surface area contributed by atoms with Crippen molar-refractivity contribution in [2.45, 2.75) is 33.2 Å². The number of aryl methyl sites for hydroxylation is 1. The van der Waals surface area contributed by atoms with Crippen molar-refractivity contribution in [2.24, 2.45) is 0 Å². The van der Waals surface area contributed by atoms with Crippen LogP contribution in [0.5, 0.6) is 0 Å². The summed E-state index contributed by atoms with van der Waals surface area (Å²) < 4.78 is 0. The molecule has 2 aliphatic heterocycles. The number of amides is 3. The van der Waals surface area contributed by atoms with E-state index in [2.05, 4.69) is 56.2 Å². The van der Waals surface area contributed by atoms with Crippen LogP contribution >= 0.6 is 23.4 Å². The number of rotatable bonds is 4. The highest BCUT2D eigenvalue weighted by molar-refractivity contribution is 8.18. The van der Waals surface area contributed by atoms with Crippen LogP contribution in [0.1, 0.15) is 37.5 Å². The minimum Gasteiger partial charge on any atom is -0.365 e. The first-order chi connectivity index (χ1) is 16.0. The Kier molecular flexibility index (Phi) is 6.36. The van der Waals surface area contributed by atoms with Gasteiger partial charge in [0.15, 0.2) is 0 Å². The van der Waals surface area contributed by atoms with E-state index in [0.29, 0.717) is 15.6 Å². The standard InChI is InChI=1S/C26H26ClN3O3S/c1-15-10-21-20(16(2)13-26(3,4)29(21)5)11-17(15)12-22-24(32)30(25(33)34-22)14-23(31)28-19-8-6-18(27)7-9-19/h6-13H,14H2,1-5H3,(H,28,31)/b22-12-. The van der Waals surface area contributed by atoms with E-state index in [1.165, 1.54) is 5.57 Å². The molecule has 1 N–H and O–H groups in total. The van der Waals surface area contributed by atoms with Gasteiger partial charge in [-0.25, -0.2) is 0 Å². The molecule has 0 radical (unpaired) electrons. The van der Waals surface area contributed by atoms with Crippen molar-refractivity contribution < 1.29 is 14.4 Å². The first kappa shape index (κ1) is 24.1. The number of halogens is 1. The highest BCUT2D eigenvalue weighted by Gasteiger charge is 2.36. The third-order valence-corrected chi connectivity index (χ3v) is 7.35. The van der Waals surface area contributed by atoms with Gasteiger partial charge in [-0.1, -0.05) is 17.7 Å². The minimum absolute atomic E-state index is 0.0969. The van der Waals surface area contributed by atoms with E-state index < -0.39 is 17.1 Å². The number of hydrogen-bond acceptors (Lipinski definition) is 5. The molecule has 0 saturated carbocycles. The number of nitrogens with one attached hydrogen (secondary N) is 1. The van der Waals surface area contributed by atoms with E-state index in [9.17, 15) is 14.4 Å². The predicted octanol–water partition coefficient (Wildman–Crippen LogP) is 5.96. The Morgan fingerprint density at radius 1 is 1.15 bits per heavy atom. The van der Waals surface area contributed by atoms with Gasteiger partial charge in [0.05, 0.1) is 10.4 Å². The minimum atomic E-state index is -0.469. The number of carbonyl (C=O) groups is 3. The molecule has 2 aromatic rings. The zero-order valence-electron chi connectivity index (χ0n) is 19.7. The van der Waals surface area contributed by atoms with Gasteiger partial charge in [-0.15, -0.1) is 0 Å². The molecule has 4 rings (SSSR count). The summed E-state index contributed by atoms with van der Waals surface area (Å²) in [5.74, 6) is -0.925. The lowest BCUT2D eigenvalue weighted by molar-refractivity contribution is -0.127. The molecule has 8 heteroatoms. The first-order valence-electron chi connectivity index (χ1n) is 10.9. The topological polar surface area (TPSA) is 69.7 Å². The van der Waals surface area contributed by atoms with Gasteiger partial charge < -0.3 is 10.2 Å². The summed E-state index contributed by atoms with van der Waals surface area (Å²) in [6.45, 7) is 8.06. The van der Waals surface area contributed by atoms with E-state index in [-0.39, 0.29) is 12.1 Å². The van der Waals surface area contributed by atoms with Crippen LogP contribution in [0.15, 0.2) is 47.4 Å². The van der Waals surface area contributed by atoms with Gasteiger partial charge in [0.1, 0.15) is 6.54 Å². The van der Waals surface area contributed by atoms with Crippen LogP contribution < -0.4 is 10.2 Å². The number of allylic oxidation sites excluding steroid dienone is 1. The maximum absolute atomic E-state index is 13.0. The molecule has 1 saturated heterocycles. The van der Waals surface area contributed by atoms with Crippen molar-refractivity contribution in [2.75, 3.05) is 23.8 Å². The normalized spacial score (nSPS) is 18.3. The van der Waals surface area contributed by atoms with Crippen LogP contribution in [0.3, 0.4) is 0 Å². The van der Waals surface area contributed by atoms with E-state index in [1.807, 2.05) is 6.92 Å². The number of benzene rings is 2. The number of hydrogen-bond donors (Lipinski definition) is 1. The second-order valence-electron chi connectivity index (χ2n) is 9.09. The van der Waals surface area contributed by atoms with Crippen molar-refractivity contribution in [3.05, 3.63) is 69.1 Å². The van der Waals surface area contributed by atoms with Gasteiger partial charge in [0.2, 0.25) is 5.91 Å². The Morgan fingerprint density at radius 3 is 2.50 bits per heavy atom. The zero-order valence-corrected chi connectivity index (χ0v) is 21.3. The fraction of sp³-hybridized carbons (Fsp3) is 0.269. The van der Waals surface area contributed by atoms with Crippen LogP contribution in [-0.4, -0.2) is 41.1 Å². The molecule has 2 heterocycles. The third kappa shape index (κ3) is 4.63. The van der Waals surface area contributed by atoms with Gasteiger partial charge in [-0.3, -0.25) is 19.3 Å². The summed E-state index contributed by atoms with van der Waals surface area (Å²) in [6, 6.07) is 10.8. The maximum Gasteiger partial charge on any atom is 0.294 e. The summed E-state index contributed by atoms with van der Waals surface area (Å²) in [7, 11) is 2.07. The SMILES string of the molecule is CC1=CC(C)(C)N(C)c2cc(C)c(/C=C3\SC(=O)N(CC(=O)Nc4ccc(Cl)cc4)C3=O)cc21. The van der Waals surface area contributed by atoms with Crippen LogP contribution in [0.4, 0.5) is 16.2 Å². The number of nitrogens with zero attached hydrogens (tertiary/aromatic N) is 2. The quantitative estimate of drug-likeness (QED) is 0.530. The molecule has 2 aliphatic rings. The van der Waals surface area contributed by atoms with Crippen molar-refractivity contribution in [1.29, 1.82) is 0 Å². The van der Waals surface area contributed by atoms with E-state index in [1.54, 1.807) is 30.3 Å². The zero-order chi connectivity index (χ0) is 24.8. The highest BCUT2D eigenvalue weighted by atomic mass is 35.5. The molecular formula is C26H26ClN3O3S. The Balaban J connectivity index is 1.55. The van der Waals surface area contributed by atoms with Crippen molar-refractivity contribution in [1.82, 2.24) is 4.90 Å². The third-order valence-electron chi connectivity index (χ3n) is 6.19. The van der Waals surface area contributed by atoms with Gasteiger partial charge in [-0.2, -0.15) is 0 Å². The van der Waals surface area contributed by atoms with Crippen molar-refractivity contribution in [3.63, 3.8) is 0 Å². The van der Waals surface area contributed by atoms with Crippen LogP contribution in [0, 0.1) is 6.92 Å². The Bertz CT molecular complexity index is 1260. The smallest absolute Gasteiger partial charge is 0.294 e. The summed E-state index contributed by atoms with van der Waals surface area (Å²) in [5.41, 5.74) is 5.71. The lowest BCUT2D eigenvalue weighted by Gasteiger charge is -2.41. The number of likely N-dealkylation sites (N-methyl/N-ethyl adjacent to an activating group) is 1. The second-order valence-corrected chi connectivity index (χ2v) is 10.5. The number of fused-ring (bicyclic) bond motifs is 1. The maximum atomic E-state index is 13.0. The summed E-state index contributed by atoms with van der Waals surface area (Å²) in [4.78, 5) is 41.4. The Hall–Kier alpha value is -3.03. The molecule has 2 aromatic carbocycles. The lowest BCUT2D eigenvalue weighted by atomic mass is 9.87. The van der Waals surface area contributed by atoms with Gasteiger partial charge in [0, 0.05) is 29.0 Å². The molecule has 0 atom stereocenters. The van der Waals surface area contributed by atoms with Crippen molar-refractivity contribution in [3.8, 4) is 0 Å². The number of imide groups is 1. The van der Waals surface area contributed by atoms with Gasteiger partial charge >= 0.3 is 0 Å². The largest absolute Gasteiger partial charge is 0.365 e. The van der Waals surface area contributed by atoms with Gasteiger partial charge in [0.25, 0.3) is 11.1 Å². The number of carbonyl (C=O) groups excluding carboxylic acids is 3. The average Bonchev–Trinajstić information content (AvgIpc) is 3.02. The molecule has 176 valence electrons. The molecule has 6 nitrogen and oxygen atoms in total. The lowest BCUT2D eigenvalue weighted by Crippen LogP contribution is -2.42. The van der Waals surface area contributed by atoms with Gasteiger partial charge in [-0.05, 0) is 98.6 Å². The summed E-state index contributed by atoms with van der Waals surface area (Å²) >= 11 is 6.71. The molecule has 3 amide bonds. The van der Waals surface area contributed by atoms with E-state index >= 15 is 0 Å².